The molecule has 3 nitrogen and oxygen atoms in total. The molecule has 0 aromatic heterocycles. The van der Waals surface area contributed by atoms with Crippen LogP contribution in [-0.4, -0.2) is 12.9 Å². The zero-order chi connectivity index (χ0) is 17.0. The molecule has 2 aromatic rings. The predicted molar refractivity (Wildman–Crippen MR) is 96.5 cm³/mol. The number of halogens is 2. The standard InChI is InChI=1S/C18H16FIO3/c1-11(12(2)21)8-13-9-16(19)18(17(20)10-13)23-15-6-4-14(22-3)5-7-15/h4-10H,1-3H3/b11-8+. The SMILES string of the molecule is COc1ccc(Oc2c(F)cc(/C=C(\C)C(C)=O)cc2I)cc1. The second-order valence-electron chi connectivity index (χ2n) is 4.97. The third-order valence-corrected chi connectivity index (χ3v) is 4.04. The lowest BCUT2D eigenvalue weighted by Gasteiger charge is -2.10. The summed E-state index contributed by atoms with van der Waals surface area (Å²) in [6.07, 6.45) is 1.66. The highest BCUT2D eigenvalue weighted by Gasteiger charge is 2.12. The molecule has 2 aromatic carbocycles. The van der Waals surface area contributed by atoms with Gasteiger partial charge in [-0.3, -0.25) is 4.79 Å². The molecule has 0 radical (unpaired) electrons. The minimum Gasteiger partial charge on any atom is -0.497 e. The molecule has 120 valence electrons. The van der Waals surface area contributed by atoms with Crippen LogP contribution in [0.5, 0.6) is 17.2 Å². The van der Waals surface area contributed by atoms with Gasteiger partial charge in [0.1, 0.15) is 11.5 Å². The van der Waals surface area contributed by atoms with E-state index in [1.165, 1.54) is 13.0 Å². The Balaban J connectivity index is 2.29. The minimum atomic E-state index is -0.477. The van der Waals surface area contributed by atoms with Crippen LogP contribution in [0.2, 0.25) is 0 Å². The van der Waals surface area contributed by atoms with Gasteiger partial charge >= 0.3 is 0 Å². The number of benzene rings is 2. The second kappa shape index (κ2) is 7.59. The van der Waals surface area contributed by atoms with Crippen molar-refractivity contribution in [3.63, 3.8) is 0 Å². The number of allylic oxidation sites excluding steroid dienone is 1. The summed E-state index contributed by atoms with van der Waals surface area (Å²) in [7, 11) is 1.58. The number of carbonyl (C=O) groups is 1. The normalized spacial score (nSPS) is 11.3. The second-order valence-corrected chi connectivity index (χ2v) is 6.14. The van der Waals surface area contributed by atoms with E-state index in [4.69, 9.17) is 9.47 Å². The Kier molecular flexibility index (Phi) is 5.76. The summed E-state index contributed by atoms with van der Waals surface area (Å²) in [5.74, 6) is 0.862. The molecular formula is C18H16FIO3. The van der Waals surface area contributed by atoms with Crippen LogP contribution < -0.4 is 9.47 Å². The Bertz CT molecular complexity index is 728. The first-order valence-electron chi connectivity index (χ1n) is 6.91. The molecule has 0 saturated heterocycles. The van der Waals surface area contributed by atoms with Gasteiger partial charge in [-0.1, -0.05) is 0 Å². The number of hydrogen-bond donors (Lipinski definition) is 0. The number of ether oxygens (including phenoxy) is 2. The quantitative estimate of drug-likeness (QED) is 0.486. The van der Waals surface area contributed by atoms with Gasteiger partial charge in [-0.15, -0.1) is 0 Å². The zero-order valence-corrected chi connectivity index (χ0v) is 15.2. The van der Waals surface area contributed by atoms with E-state index < -0.39 is 5.82 Å². The van der Waals surface area contributed by atoms with Crippen molar-refractivity contribution < 1.29 is 18.7 Å². The fourth-order valence-electron chi connectivity index (χ4n) is 1.87. The van der Waals surface area contributed by atoms with E-state index >= 15 is 0 Å². The molecule has 0 saturated carbocycles. The van der Waals surface area contributed by atoms with Gasteiger partial charge in [0.25, 0.3) is 0 Å². The van der Waals surface area contributed by atoms with Crippen LogP contribution in [0.1, 0.15) is 19.4 Å². The number of hydrogen-bond acceptors (Lipinski definition) is 3. The lowest BCUT2D eigenvalue weighted by Crippen LogP contribution is -1.95. The molecule has 0 bridgehead atoms. The first-order valence-corrected chi connectivity index (χ1v) is 7.98. The third kappa shape index (κ3) is 4.54. The van der Waals surface area contributed by atoms with E-state index in [9.17, 15) is 9.18 Å². The van der Waals surface area contributed by atoms with Crippen molar-refractivity contribution in [2.24, 2.45) is 0 Å². The highest BCUT2D eigenvalue weighted by Crippen LogP contribution is 2.32. The summed E-state index contributed by atoms with van der Waals surface area (Å²) >= 11 is 2.01. The molecule has 0 aliphatic heterocycles. The number of ketones is 1. The summed E-state index contributed by atoms with van der Waals surface area (Å²) in [5, 5.41) is 0. The number of carbonyl (C=O) groups excluding carboxylic acids is 1. The average molecular weight is 426 g/mol. The van der Waals surface area contributed by atoms with Gasteiger partial charge in [0, 0.05) is 0 Å². The van der Waals surface area contributed by atoms with Gasteiger partial charge in [0.15, 0.2) is 17.3 Å². The Morgan fingerprint density at radius 1 is 1.13 bits per heavy atom. The highest BCUT2D eigenvalue weighted by molar-refractivity contribution is 14.1. The smallest absolute Gasteiger partial charge is 0.176 e. The van der Waals surface area contributed by atoms with Gasteiger partial charge in [0.05, 0.1) is 10.7 Å². The largest absolute Gasteiger partial charge is 0.497 e. The van der Waals surface area contributed by atoms with Crippen LogP contribution in [0.15, 0.2) is 42.0 Å². The molecule has 2 rings (SSSR count). The molecule has 23 heavy (non-hydrogen) atoms. The van der Waals surface area contributed by atoms with E-state index in [1.54, 1.807) is 50.4 Å². The molecule has 5 heteroatoms. The monoisotopic (exact) mass is 426 g/mol. The third-order valence-electron chi connectivity index (χ3n) is 3.24. The molecule has 0 unspecified atom stereocenters. The summed E-state index contributed by atoms with van der Waals surface area (Å²) in [4.78, 5) is 11.3. The summed E-state index contributed by atoms with van der Waals surface area (Å²) in [5.41, 5.74) is 1.20. The van der Waals surface area contributed by atoms with Crippen molar-refractivity contribution in [2.45, 2.75) is 13.8 Å². The Morgan fingerprint density at radius 3 is 2.26 bits per heavy atom. The van der Waals surface area contributed by atoms with Gasteiger partial charge in [-0.05, 0) is 90.0 Å². The topological polar surface area (TPSA) is 35.5 Å². The maximum Gasteiger partial charge on any atom is 0.176 e. The fourth-order valence-corrected chi connectivity index (χ4v) is 2.60. The van der Waals surface area contributed by atoms with Gasteiger partial charge in [-0.2, -0.15) is 0 Å². The van der Waals surface area contributed by atoms with Crippen molar-refractivity contribution in [1.29, 1.82) is 0 Å². The van der Waals surface area contributed by atoms with E-state index in [0.29, 0.717) is 26.2 Å². The number of rotatable bonds is 5. The van der Waals surface area contributed by atoms with Crippen molar-refractivity contribution in [3.05, 3.63) is 56.9 Å². The molecule has 0 atom stereocenters. The van der Waals surface area contributed by atoms with Gasteiger partial charge < -0.3 is 9.47 Å². The molecule has 0 aliphatic rings. The molecule has 0 fully saturated rings. The Hall–Kier alpha value is -1.89. The van der Waals surface area contributed by atoms with Gasteiger partial charge in [0.2, 0.25) is 0 Å². The molecule has 0 amide bonds. The first-order chi connectivity index (χ1) is 10.9. The first kappa shape index (κ1) is 17.5. The van der Waals surface area contributed by atoms with Crippen LogP contribution in [-0.2, 0) is 4.79 Å². The lowest BCUT2D eigenvalue weighted by atomic mass is 10.1. The van der Waals surface area contributed by atoms with Crippen molar-refractivity contribution >= 4 is 34.5 Å². The van der Waals surface area contributed by atoms with Gasteiger partial charge in [-0.25, -0.2) is 4.39 Å². The summed E-state index contributed by atoms with van der Waals surface area (Å²) in [6, 6.07) is 10.0. The van der Waals surface area contributed by atoms with Crippen LogP contribution in [0.25, 0.3) is 6.08 Å². The van der Waals surface area contributed by atoms with E-state index in [-0.39, 0.29) is 11.5 Å². The maximum absolute atomic E-state index is 14.3. The fraction of sp³-hybridized carbons (Fsp3) is 0.167. The number of Topliss-reactive ketones (excluding diaryl/α,β-unsaturated/α-hetero) is 1. The predicted octanol–water partition coefficient (Wildman–Crippen LogP) is 5.22. The van der Waals surface area contributed by atoms with Crippen LogP contribution in [0.4, 0.5) is 4.39 Å². The van der Waals surface area contributed by atoms with Crippen molar-refractivity contribution in [2.75, 3.05) is 7.11 Å². The van der Waals surface area contributed by atoms with E-state index in [0.717, 1.165) is 0 Å². The average Bonchev–Trinajstić information content (AvgIpc) is 2.51. The minimum absolute atomic E-state index is 0.0426. The van der Waals surface area contributed by atoms with Crippen LogP contribution in [0, 0.1) is 9.39 Å². The Morgan fingerprint density at radius 2 is 1.74 bits per heavy atom. The summed E-state index contributed by atoms with van der Waals surface area (Å²) in [6.45, 7) is 3.18. The summed E-state index contributed by atoms with van der Waals surface area (Å²) < 4.78 is 25.6. The molecule has 0 aliphatic carbocycles. The van der Waals surface area contributed by atoms with Crippen LogP contribution >= 0.6 is 22.6 Å². The van der Waals surface area contributed by atoms with Crippen molar-refractivity contribution in [3.8, 4) is 17.2 Å². The molecular weight excluding hydrogens is 410 g/mol. The number of methoxy groups -OCH3 is 1. The molecule has 0 spiro atoms. The lowest BCUT2D eigenvalue weighted by molar-refractivity contribution is -0.113. The van der Waals surface area contributed by atoms with E-state index in [2.05, 4.69) is 0 Å². The van der Waals surface area contributed by atoms with E-state index in [1.807, 2.05) is 22.6 Å². The molecule has 0 heterocycles. The molecule has 0 N–H and O–H groups in total. The van der Waals surface area contributed by atoms with Crippen LogP contribution in [0.3, 0.4) is 0 Å². The Labute approximate surface area is 148 Å². The highest BCUT2D eigenvalue weighted by atomic mass is 127. The van der Waals surface area contributed by atoms with Crippen molar-refractivity contribution in [1.82, 2.24) is 0 Å². The zero-order valence-electron chi connectivity index (χ0n) is 13.0. The maximum atomic E-state index is 14.3.